The molecule has 7 heteroatoms. The topological polar surface area (TPSA) is 75.6 Å². The van der Waals surface area contributed by atoms with Crippen LogP contribution in [-0.2, 0) is 21.4 Å². The molecule has 1 rings (SSSR count). The SMILES string of the molecule is COCCCNS(=O)(=O)c1ccc(CO)cc1Br. The highest BCUT2D eigenvalue weighted by Crippen LogP contribution is 2.23. The summed E-state index contributed by atoms with van der Waals surface area (Å²) in [6.45, 7) is 0.706. The maximum absolute atomic E-state index is 12.0. The zero-order chi connectivity index (χ0) is 13.6. The minimum atomic E-state index is -3.53. The third-order valence-corrected chi connectivity index (χ3v) is 4.72. The van der Waals surface area contributed by atoms with Crippen LogP contribution in [0.15, 0.2) is 27.6 Å². The number of rotatable bonds is 7. The summed E-state index contributed by atoms with van der Waals surface area (Å²) in [6, 6.07) is 4.63. The Morgan fingerprint density at radius 3 is 2.72 bits per heavy atom. The molecule has 0 bridgehead atoms. The van der Waals surface area contributed by atoms with Gasteiger partial charge in [0, 0.05) is 24.7 Å². The summed E-state index contributed by atoms with van der Waals surface area (Å²) < 4.78 is 31.7. The molecule has 0 atom stereocenters. The van der Waals surface area contributed by atoms with Crippen molar-refractivity contribution in [2.45, 2.75) is 17.9 Å². The average molecular weight is 338 g/mol. The summed E-state index contributed by atoms with van der Waals surface area (Å²) in [4.78, 5) is 0.164. The number of aliphatic hydroxyl groups is 1. The molecule has 5 nitrogen and oxygen atoms in total. The van der Waals surface area contributed by atoms with Gasteiger partial charge in [0.2, 0.25) is 10.0 Å². The van der Waals surface area contributed by atoms with Gasteiger partial charge in [-0.1, -0.05) is 6.07 Å². The van der Waals surface area contributed by atoms with Gasteiger partial charge in [-0.05, 0) is 40.0 Å². The quantitative estimate of drug-likeness (QED) is 0.734. The Morgan fingerprint density at radius 2 is 2.17 bits per heavy atom. The maximum Gasteiger partial charge on any atom is 0.241 e. The lowest BCUT2D eigenvalue weighted by Gasteiger charge is -2.09. The van der Waals surface area contributed by atoms with Crippen molar-refractivity contribution in [2.24, 2.45) is 0 Å². The first kappa shape index (κ1) is 15.6. The first-order valence-corrected chi connectivity index (χ1v) is 7.67. The molecule has 1 aromatic rings. The number of benzene rings is 1. The molecule has 0 aromatic heterocycles. The number of methoxy groups -OCH3 is 1. The van der Waals surface area contributed by atoms with Gasteiger partial charge in [0.1, 0.15) is 0 Å². The van der Waals surface area contributed by atoms with Crippen molar-refractivity contribution in [2.75, 3.05) is 20.3 Å². The van der Waals surface area contributed by atoms with Gasteiger partial charge >= 0.3 is 0 Å². The fraction of sp³-hybridized carbons (Fsp3) is 0.455. The molecule has 0 fully saturated rings. The van der Waals surface area contributed by atoms with Crippen molar-refractivity contribution in [3.05, 3.63) is 28.2 Å². The second kappa shape index (κ2) is 7.20. The fourth-order valence-electron chi connectivity index (χ4n) is 1.36. The molecule has 0 saturated carbocycles. The van der Waals surface area contributed by atoms with Crippen molar-refractivity contribution >= 4 is 26.0 Å². The Hall–Kier alpha value is -0.470. The molecule has 102 valence electrons. The number of sulfonamides is 1. The lowest BCUT2D eigenvalue weighted by Crippen LogP contribution is -2.25. The molecule has 18 heavy (non-hydrogen) atoms. The molecule has 0 aliphatic carbocycles. The van der Waals surface area contributed by atoms with Crippen molar-refractivity contribution < 1.29 is 18.3 Å². The first-order valence-electron chi connectivity index (χ1n) is 5.39. The van der Waals surface area contributed by atoms with E-state index in [1.807, 2.05) is 0 Å². The second-order valence-corrected chi connectivity index (χ2v) is 6.26. The Bertz CT molecular complexity index is 490. The second-order valence-electron chi connectivity index (χ2n) is 3.67. The highest BCUT2D eigenvalue weighted by molar-refractivity contribution is 9.10. The molecular formula is C11H16BrNO4S. The maximum atomic E-state index is 12.0. The lowest BCUT2D eigenvalue weighted by molar-refractivity contribution is 0.196. The Labute approximate surface area is 115 Å². The van der Waals surface area contributed by atoms with E-state index in [2.05, 4.69) is 20.7 Å². The van der Waals surface area contributed by atoms with Crippen LogP contribution in [0.4, 0.5) is 0 Å². The van der Waals surface area contributed by atoms with Crippen LogP contribution < -0.4 is 4.72 Å². The van der Waals surface area contributed by atoms with Crippen molar-refractivity contribution in [1.29, 1.82) is 0 Å². The van der Waals surface area contributed by atoms with Gasteiger partial charge in [-0.3, -0.25) is 0 Å². The summed E-state index contributed by atoms with van der Waals surface area (Å²) in [5.74, 6) is 0. The van der Waals surface area contributed by atoms with Gasteiger partial charge in [-0.25, -0.2) is 13.1 Å². The lowest BCUT2D eigenvalue weighted by atomic mass is 10.2. The minimum absolute atomic E-state index is 0.125. The average Bonchev–Trinajstić information content (AvgIpc) is 2.34. The number of hydrogen-bond donors (Lipinski definition) is 2. The molecule has 0 amide bonds. The van der Waals surface area contributed by atoms with E-state index in [-0.39, 0.29) is 11.5 Å². The molecule has 0 aliphatic rings. The molecule has 0 aliphatic heterocycles. The Balaban J connectivity index is 2.78. The number of ether oxygens (including phenoxy) is 1. The molecule has 2 N–H and O–H groups in total. The van der Waals surface area contributed by atoms with E-state index in [0.717, 1.165) is 0 Å². The molecule has 0 spiro atoms. The smallest absolute Gasteiger partial charge is 0.241 e. The monoisotopic (exact) mass is 337 g/mol. The third kappa shape index (κ3) is 4.33. The molecular weight excluding hydrogens is 322 g/mol. The first-order chi connectivity index (χ1) is 8.51. The van der Waals surface area contributed by atoms with E-state index in [1.165, 1.54) is 6.07 Å². The van der Waals surface area contributed by atoms with E-state index >= 15 is 0 Å². The van der Waals surface area contributed by atoms with Crippen molar-refractivity contribution in [3.63, 3.8) is 0 Å². The van der Waals surface area contributed by atoms with Crippen LogP contribution in [-0.4, -0.2) is 33.8 Å². The summed E-state index contributed by atoms with van der Waals surface area (Å²) >= 11 is 3.19. The highest BCUT2D eigenvalue weighted by atomic mass is 79.9. The Kier molecular flexibility index (Phi) is 6.24. The van der Waals surface area contributed by atoms with Gasteiger partial charge in [0.05, 0.1) is 11.5 Å². The summed E-state index contributed by atoms with van der Waals surface area (Å²) in [5.41, 5.74) is 0.653. The summed E-state index contributed by atoms with van der Waals surface area (Å²) in [7, 11) is -1.96. The molecule has 0 unspecified atom stereocenters. The molecule has 0 saturated heterocycles. The number of hydrogen-bond acceptors (Lipinski definition) is 4. The predicted octanol–water partition coefficient (Wildman–Crippen LogP) is 1.26. The highest BCUT2D eigenvalue weighted by Gasteiger charge is 2.16. The van der Waals surface area contributed by atoms with Crippen molar-refractivity contribution in [1.82, 2.24) is 4.72 Å². The third-order valence-electron chi connectivity index (χ3n) is 2.29. The van der Waals surface area contributed by atoms with Gasteiger partial charge < -0.3 is 9.84 Å². The van der Waals surface area contributed by atoms with Crippen LogP contribution in [0.5, 0.6) is 0 Å². The zero-order valence-electron chi connectivity index (χ0n) is 10.0. The summed E-state index contributed by atoms with van der Waals surface area (Å²) in [5, 5.41) is 8.96. The van der Waals surface area contributed by atoms with Gasteiger partial charge in [0.25, 0.3) is 0 Å². The van der Waals surface area contributed by atoms with Crippen LogP contribution >= 0.6 is 15.9 Å². The van der Waals surface area contributed by atoms with E-state index in [9.17, 15) is 8.42 Å². The Morgan fingerprint density at radius 1 is 1.44 bits per heavy atom. The van der Waals surface area contributed by atoms with E-state index in [1.54, 1.807) is 19.2 Å². The zero-order valence-corrected chi connectivity index (χ0v) is 12.4. The van der Waals surface area contributed by atoms with Gasteiger partial charge in [-0.2, -0.15) is 0 Å². The van der Waals surface area contributed by atoms with Crippen LogP contribution in [0, 0.1) is 0 Å². The molecule has 0 heterocycles. The number of nitrogens with one attached hydrogen (secondary N) is 1. The standard InChI is InChI=1S/C11H16BrNO4S/c1-17-6-2-5-13-18(15,16)11-4-3-9(8-14)7-10(11)12/h3-4,7,13-14H,2,5-6,8H2,1H3. The van der Waals surface area contributed by atoms with Crippen LogP contribution in [0.3, 0.4) is 0 Å². The van der Waals surface area contributed by atoms with E-state index < -0.39 is 10.0 Å². The van der Waals surface area contributed by atoms with Crippen LogP contribution in [0.2, 0.25) is 0 Å². The minimum Gasteiger partial charge on any atom is -0.392 e. The van der Waals surface area contributed by atoms with Crippen LogP contribution in [0.1, 0.15) is 12.0 Å². The number of halogens is 1. The van der Waals surface area contributed by atoms with Gasteiger partial charge in [0.15, 0.2) is 0 Å². The van der Waals surface area contributed by atoms with Crippen molar-refractivity contribution in [3.8, 4) is 0 Å². The number of aliphatic hydroxyl groups excluding tert-OH is 1. The predicted molar refractivity (Wildman–Crippen MR) is 71.7 cm³/mol. The molecule has 0 radical (unpaired) electrons. The summed E-state index contributed by atoms with van der Waals surface area (Å²) in [6.07, 6.45) is 0.613. The van der Waals surface area contributed by atoms with Gasteiger partial charge in [-0.15, -0.1) is 0 Å². The fourth-order valence-corrected chi connectivity index (χ4v) is 3.56. The van der Waals surface area contributed by atoms with Crippen LogP contribution in [0.25, 0.3) is 0 Å². The van der Waals surface area contributed by atoms with E-state index in [0.29, 0.717) is 29.6 Å². The van der Waals surface area contributed by atoms with E-state index in [4.69, 9.17) is 9.84 Å². The largest absolute Gasteiger partial charge is 0.392 e. The normalized spacial score (nSPS) is 11.7. The molecule has 1 aromatic carbocycles.